The van der Waals surface area contributed by atoms with Crippen LogP contribution in [-0.2, 0) is 14.4 Å². The second kappa shape index (κ2) is 6.08. The fourth-order valence-corrected chi connectivity index (χ4v) is 3.73. The first-order valence-electron chi connectivity index (χ1n) is 7.03. The Bertz CT molecular complexity index is 749. The van der Waals surface area contributed by atoms with Gasteiger partial charge in [0.2, 0.25) is 0 Å². The summed E-state index contributed by atoms with van der Waals surface area (Å²) in [5.41, 5.74) is 0.124. The molecule has 2 amide bonds. The summed E-state index contributed by atoms with van der Waals surface area (Å²) >= 11 is 1.24. The molecule has 1 aromatic carbocycles. The van der Waals surface area contributed by atoms with Crippen LogP contribution in [0.1, 0.15) is 6.92 Å². The van der Waals surface area contributed by atoms with Crippen molar-refractivity contribution >= 4 is 29.5 Å². The minimum absolute atomic E-state index is 0.0570. The number of hydrogen-bond acceptors (Lipinski definition) is 6. The average Bonchev–Trinajstić information content (AvgIpc) is 2.55. The highest BCUT2D eigenvalue weighted by atomic mass is 32.2. The van der Waals surface area contributed by atoms with Crippen molar-refractivity contribution < 1.29 is 29.4 Å². The van der Waals surface area contributed by atoms with Gasteiger partial charge in [-0.1, -0.05) is 12.1 Å². The average molecular weight is 350 g/mol. The van der Waals surface area contributed by atoms with E-state index in [2.05, 4.69) is 0 Å². The van der Waals surface area contributed by atoms with E-state index in [0.717, 1.165) is 5.06 Å². The number of hydrogen-bond donors (Lipinski definition) is 2. The highest BCUT2D eigenvalue weighted by Crippen LogP contribution is 2.39. The van der Waals surface area contributed by atoms with E-state index in [1.165, 1.54) is 41.9 Å². The zero-order valence-electron chi connectivity index (χ0n) is 12.6. The number of rotatable bonds is 4. The van der Waals surface area contributed by atoms with Crippen molar-refractivity contribution in [3.8, 4) is 11.5 Å². The van der Waals surface area contributed by atoms with Gasteiger partial charge in [-0.15, -0.1) is 11.8 Å². The summed E-state index contributed by atoms with van der Waals surface area (Å²) in [6.45, 7) is 1.25. The quantitative estimate of drug-likeness (QED) is 0.610. The predicted molar refractivity (Wildman–Crippen MR) is 83.9 cm³/mol. The number of benzene rings is 1. The molecule has 2 heterocycles. The molecular formula is C15H14N2O6S. The molecule has 1 aromatic rings. The number of carboxylic acids is 1. The number of para-hydroxylation sites is 2. The largest absolute Gasteiger partial charge is 0.504 e. The van der Waals surface area contributed by atoms with Crippen LogP contribution in [0, 0.1) is 0 Å². The summed E-state index contributed by atoms with van der Waals surface area (Å²) in [6.07, 6.45) is 1.29. The molecule has 0 aliphatic carbocycles. The first kappa shape index (κ1) is 16.2. The monoisotopic (exact) mass is 350 g/mol. The Morgan fingerprint density at radius 3 is 2.71 bits per heavy atom. The first-order valence-corrected chi connectivity index (χ1v) is 8.08. The molecule has 0 aromatic heterocycles. The van der Waals surface area contributed by atoms with Crippen molar-refractivity contribution in [1.29, 1.82) is 0 Å². The van der Waals surface area contributed by atoms with Crippen molar-refractivity contribution in [3.63, 3.8) is 0 Å². The maximum Gasteiger partial charge on any atom is 0.333 e. The van der Waals surface area contributed by atoms with Gasteiger partial charge in [0.05, 0.1) is 5.57 Å². The van der Waals surface area contributed by atoms with E-state index in [4.69, 9.17) is 9.94 Å². The van der Waals surface area contributed by atoms with Gasteiger partial charge in [0.1, 0.15) is 5.37 Å². The predicted octanol–water partition coefficient (Wildman–Crippen LogP) is 0.787. The summed E-state index contributed by atoms with van der Waals surface area (Å²) in [7, 11) is 0. The number of hydroxylamine groups is 2. The van der Waals surface area contributed by atoms with Crippen molar-refractivity contribution in [1.82, 2.24) is 9.96 Å². The molecule has 3 rings (SSSR count). The molecule has 0 bridgehead atoms. The summed E-state index contributed by atoms with van der Waals surface area (Å²) in [6, 6.07) is 5.23. The van der Waals surface area contributed by atoms with Crippen LogP contribution in [0.3, 0.4) is 0 Å². The molecule has 2 aliphatic rings. The van der Waals surface area contributed by atoms with Gasteiger partial charge >= 0.3 is 5.97 Å². The molecular weight excluding hydrogens is 336 g/mol. The molecule has 2 aliphatic heterocycles. The lowest BCUT2D eigenvalue weighted by atomic mass is 10.1. The number of phenols is 1. The van der Waals surface area contributed by atoms with E-state index < -0.39 is 29.2 Å². The Kier molecular flexibility index (Phi) is 4.10. The Labute approximate surface area is 141 Å². The van der Waals surface area contributed by atoms with E-state index in [1.807, 2.05) is 0 Å². The highest BCUT2D eigenvalue weighted by molar-refractivity contribution is 8.00. The van der Waals surface area contributed by atoms with Crippen LogP contribution in [0.15, 0.2) is 36.0 Å². The third-order valence-electron chi connectivity index (χ3n) is 3.66. The second-order valence-electron chi connectivity index (χ2n) is 5.26. The van der Waals surface area contributed by atoms with Crippen molar-refractivity contribution in [2.45, 2.75) is 18.3 Å². The number of carbonyl (C=O) groups excluding carboxylic acids is 2. The van der Waals surface area contributed by atoms with Gasteiger partial charge in [0.15, 0.2) is 17.5 Å². The number of aliphatic carboxylic acids is 1. The molecule has 126 valence electrons. The summed E-state index contributed by atoms with van der Waals surface area (Å²) in [4.78, 5) is 42.0. The molecule has 9 heteroatoms. The van der Waals surface area contributed by atoms with Crippen LogP contribution < -0.4 is 4.84 Å². The lowest BCUT2D eigenvalue weighted by Gasteiger charge is -2.49. The van der Waals surface area contributed by atoms with Gasteiger partial charge in [-0.3, -0.25) is 9.59 Å². The summed E-state index contributed by atoms with van der Waals surface area (Å²) in [5.74, 6) is -1.88. The number of amides is 2. The standard InChI is InChI=1S/C15H14N2O6S/c1-8(18)17(23-11-5-3-2-4-10(11)19)12-13(20)16-6-9(15(21)22)7-24-14(12)16/h2-6,12,14,19H,7H2,1H3,(H,21,22)/t12?,14-/m1/s1. The maximum atomic E-state index is 12.3. The minimum Gasteiger partial charge on any atom is -0.504 e. The van der Waals surface area contributed by atoms with Crippen LogP contribution in [-0.4, -0.2) is 55.1 Å². The normalized spacial score (nSPS) is 22.1. The van der Waals surface area contributed by atoms with E-state index in [0.29, 0.717) is 0 Å². The van der Waals surface area contributed by atoms with Gasteiger partial charge in [-0.2, -0.15) is 5.06 Å². The topological polar surface area (TPSA) is 107 Å². The highest BCUT2D eigenvalue weighted by Gasteiger charge is 2.54. The van der Waals surface area contributed by atoms with E-state index >= 15 is 0 Å². The SMILES string of the molecule is CC(=O)N(Oc1ccccc1O)C1C(=O)N2C=C(C(=O)O)CS[C@H]12. The number of carbonyl (C=O) groups is 3. The Hall–Kier alpha value is -2.68. The van der Waals surface area contributed by atoms with Gasteiger partial charge in [0, 0.05) is 18.9 Å². The number of phenolic OH excluding ortho intramolecular Hbond substituents is 1. The number of carboxylic acid groups (broad SMARTS) is 1. The molecule has 0 saturated carbocycles. The van der Waals surface area contributed by atoms with Gasteiger partial charge in [0.25, 0.3) is 11.8 Å². The zero-order chi connectivity index (χ0) is 17.4. The van der Waals surface area contributed by atoms with E-state index in [-0.39, 0.29) is 22.8 Å². The van der Waals surface area contributed by atoms with Crippen LogP contribution in [0.4, 0.5) is 0 Å². The first-order chi connectivity index (χ1) is 11.4. The van der Waals surface area contributed by atoms with Crippen molar-refractivity contribution in [2.24, 2.45) is 0 Å². The number of β-lactam (4-membered cyclic amide) rings is 1. The molecule has 1 unspecified atom stereocenters. The van der Waals surface area contributed by atoms with Crippen LogP contribution in [0.5, 0.6) is 11.5 Å². The third kappa shape index (κ3) is 2.67. The number of aromatic hydroxyl groups is 1. The fraction of sp³-hybridized carbons (Fsp3) is 0.267. The lowest BCUT2D eigenvalue weighted by Crippen LogP contribution is -2.69. The molecule has 1 fully saturated rings. The minimum atomic E-state index is -1.08. The molecule has 1 saturated heterocycles. The molecule has 2 atom stereocenters. The van der Waals surface area contributed by atoms with Crippen LogP contribution in [0.2, 0.25) is 0 Å². The number of thioether (sulfide) groups is 1. The molecule has 8 nitrogen and oxygen atoms in total. The van der Waals surface area contributed by atoms with Gasteiger partial charge < -0.3 is 20.0 Å². The third-order valence-corrected chi connectivity index (χ3v) is 4.96. The Balaban J connectivity index is 1.82. The van der Waals surface area contributed by atoms with Crippen molar-refractivity contribution in [2.75, 3.05) is 5.75 Å². The second-order valence-corrected chi connectivity index (χ2v) is 6.36. The van der Waals surface area contributed by atoms with E-state index in [1.54, 1.807) is 12.1 Å². The molecule has 0 radical (unpaired) electrons. The number of fused-ring (bicyclic) bond motifs is 1. The van der Waals surface area contributed by atoms with Gasteiger partial charge in [-0.05, 0) is 12.1 Å². The number of nitrogens with zero attached hydrogens (tertiary/aromatic N) is 2. The fourth-order valence-electron chi connectivity index (χ4n) is 2.45. The maximum absolute atomic E-state index is 12.3. The zero-order valence-corrected chi connectivity index (χ0v) is 13.4. The van der Waals surface area contributed by atoms with Crippen molar-refractivity contribution in [3.05, 3.63) is 36.0 Å². The molecule has 0 spiro atoms. The Morgan fingerprint density at radius 2 is 2.08 bits per heavy atom. The smallest absolute Gasteiger partial charge is 0.333 e. The molecule has 2 N–H and O–H groups in total. The lowest BCUT2D eigenvalue weighted by molar-refractivity contribution is -0.186. The Morgan fingerprint density at radius 1 is 1.38 bits per heavy atom. The summed E-state index contributed by atoms with van der Waals surface area (Å²) in [5, 5.41) is 19.3. The summed E-state index contributed by atoms with van der Waals surface area (Å²) < 4.78 is 0. The van der Waals surface area contributed by atoms with Gasteiger partial charge in [-0.25, -0.2) is 4.79 Å². The molecule has 24 heavy (non-hydrogen) atoms. The van der Waals surface area contributed by atoms with E-state index in [9.17, 15) is 19.5 Å². The van der Waals surface area contributed by atoms with Crippen LogP contribution in [0.25, 0.3) is 0 Å². The van der Waals surface area contributed by atoms with Crippen LogP contribution >= 0.6 is 11.8 Å².